The Labute approximate surface area is 68.5 Å². The van der Waals surface area contributed by atoms with E-state index in [0.717, 1.165) is 19.6 Å². The third kappa shape index (κ3) is 2.43. The molecule has 1 atom stereocenters. The summed E-state index contributed by atoms with van der Waals surface area (Å²) in [6.45, 7) is 4.63. The van der Waals surface area contributed by atoms with Gasteiger partial charge in [-0.05, 0) is 26.8 Å². The fraction of sp³-hybridized carbons (Fsp3) is 1.00. The van der Waals surface area contributed by atoms with Gasteiger partial charge >= 0.3 is 0 Å². The molecule has 0 radical (unpaired) electrons. The van der Waals surface area contributed by atoms with Crippen molar-refractivity contribution in [1.29, 1.82) is 0 Å². The lowest BCUT2D eigenvalue weighted by Gasteiger charge is -2.28. The molecule has 0 aliphatic carbocycles. The van der Waals surface area contributed by atoms with Crippen LogP contribution in [0.25, 0.3) is 0 Å². The van der Waals surface area contributed by atoms with Gasteiger partial charge in [-0.1, -0.05) is 0 Å². The Kier molecular flexibility index (Phi) is 2.87. The number of hydrogen-bond acceptors (Lipinski definition) is 3. The molecule has 1 saturated heterocycles. The van der Waals surface area contributed by atoms with E-state index in [9.17, 15) is 0 Å². The van der Waals surface area contributed by atoms with Crippen molar-refractivity contribution < 1.29 is 4.74 Å². The first-order valence-electron chi connectivity index (χ1n) is 4.19. The molecule has 1 aliphatic heterocycles. The number of rotatable bonds is 3. The molecular weight excluding hydrogens is 140 g/mol. The van der Waals surface area contributed by atoms with Gasteiger partial charge in [-0.2, -0.15) is 0 Å². The Hall–Kier alpha value is -0.120. The first-order valence-corrected chi connectivity index (χ1v) is 4.19. The molecule has 0 aromatic carbocycles. The van der Waals surface area contributed by atoms with E-state index in [1.807, 2.05) is 7.05 Å². The Morgan fingerprint density at radius 3 is 2.82 bits per heavy atom. The SMILES string of the molecule is CN(CN)CC1(C)CCCO1. The molecular formula is C8H18N2O. The second-order valence-electron chi connectivity index (χ2n) is 3.60. The fourth-order valence-electron chi connectivity index (χ4n) is 1.60. The minimum absolute atomic E-state index is 0.0636. The zero-order valence-corrected chi connectivity index (χ0v) is 7.47. The highest BCUT2D eigenvalue weighted by Crippen LogP contribution is 2.25. The summed E-state index contributed by atoms with van der Waals surface area (Å²) in [5.74, 6) is 0. The van der Waals surface area contributed by atoms with E-state index in [1.54, 1.807) is 0 Å². The monoisotopic (exact) mass is 158 g/mol. The summed E-state index contributed by atoms with van der Waals surface area (Å²) in [6, 6.07) is 0. The Morgan fingerprint density at radius 2 is 2.36 bits per heavy atom. The van der Waals surface area contributed by atoms with Crippen LogP contribution in [0.15, 0.2) is 0 Å². The van der Waals surface area contributed by atoms with Crippen LogP contribution in [0.4, 0.5) is 0 Å². The summed E-state index contributed by atoms with van der Waals surface area (Å²) < 4.78 is 5.62. The molecule has 0 aromatic rings. The van der Waals surface area contributed by atoms with Crippen LogP contribution in [0, 0.1) is 0 Å². The van der Waals surface area contributed by atoms with Gasteiger partial charge in [-0.15, -0.1) is 0 Å². The van der Waals surface area contributed by atoms with E-state index < -0.39 is 0 Å². The zero-order chi connectivity index (χ0) is 8.32. The molecule has 2 N–H and O–H groups in total. The van der Waals surface area contributed by atoms with Crippen molar-refractivity contribution in [2.45, 2.75) is 25.4 Å². The van der Waals surface area contributed by atoms with Crippen molar-refractivity contribution in [1.82, 2.24) is 4.90 Å². The van der Waals surface area contributed by atoms with Gasteiger partial charge in [0.15, 0.2) is 0 Å². The minimum Gasteiger partial charge on any atom is -0.374 e. The van der Waals surface area contributed by atoms with Crippen LogP contribution in [0.5, 0.6) is 0 Å². The number of nitrogens with two attached hydrogens (primary N) is 1. The number of nitrogens with zero attached hydrogens (tertiary/aromatic N) is 1. The third-order valence-electron chi connectivity index (χ3n) is 2.22. The largest absolute Gasteiger partial charge is 0.374 e. The highest BCUT2D eigenvalue weighted by molar-refractivity contribution is 4.82. The van der Waals surface area contributed by atoms with Crippen molar-refractivity contribution in [2.24, 2.45) is 5.73 Å². The van der Waals surface area contributed by atoms with Crippen LogP contribution < -0.4 is 5.73 Å². The van der Waals surface area contributed by atoms with Gasteiger partial charge < -0.3 is 10.5 Å². The third-order valence-corrected chi connectivity index (χ3v) is 2.22. The van der Waals surface area contributed by atoms with Crippen LogP contribution in [-0.2, 0) is 4.74 Å². The van der Waals surface area contributed by atoms with Gasteiger partial charge in [0.1, 0.15) is 0 Å². The number of hydrogen-bond donors (Lipinski definition) is 1. The molecule has 0 bridgehead atoms. The quantitative estimate of drug-likeness (QED) is 0.604. The highest BCUT2D eigenvalue weighted by atomic mass is 16.5. The van der Waals surface area contributed by atoms with Gasteiger partial charge in [0.25, 0.3) is 0 Å². The van der Waals surface area contributed by atoms with E-state index in [4.69, 9.17) is 10.5 Å². The average molecular weight is 158 g/mol. The molecule has 66 valence electrons. The standard InChI is InChI=1S/C8H18N2O/c1-8(4-3-5-11-8)6-10(2)7-9/h3-7,9H2,1-2H3. The topological polar surface area (TPSA) is 38.5 Å². The predicted molar refractivity (Wildman–Crippen MR) is 45.3 cm³/mol. The molecule has 1 heterocycles. The van der Waals surface area contributed by atoms with Crippen LogP contribution in [-0.4, -0.2) is 37.4 Å². The lowest BCUT2D eigenvalue weighted by molar-refractivity contribution is -0.00300. The lowest BCUT2D eigenvalue weighted by Crippen LogP contribution is -2.40. The molecule has 1 unspecified atom stereocenters. The molecule has 1 rings (SSSR count). The maximum atomic E-state index is 5.62. The maximum Gasteiger partial charge on any atom is 0.0782 e. The number of likely N-dealkylation sites (N-methyl/N-ethyl adjacent to an activating group) is 1. The lowest BCUT2D eigenvalue weighted by atomic mass is 10.0. The van der Waals surface area contributed by atoms with E-state index >= 15 is 0 Å². The van der Waals surface area contributed by atoms with Crippen molar-refractivity contribution in [3.8, 4) is 0 Å². The first-order chi connectivity index (χ1) is 5.16. The van der Waals surface area contributed by atoms with Gasteiger partial charge in [-0.25, -0.2) is 0 Å². The zero-order valence-electron chi connectivity index (χ0n) is 7.47. The molecule has 1 aliphatic rings. The summed E-state index contributed by atoms with van der Waals surface area (Å²) in [6.07, 6.45) is 2.35. The number of ether oxygens (including phenoxy) is 1. The summed E-state index contributed by atoms with van der Waals surface area (Å²) >= 11 is 0. The van der Waals surface area contributed by atoms with Crippen LogP contribution in [0.3, 0.4) is 0 Å². The molecule has 0 aromatic heterocycles. The van der Waals surface area contributed by atoms with E-state index in [1.165, 1.54) is 6.42 Å². The van der Waals surface area contributed by atoms with Crippen LogP contribution >= 0.6 is 0 Å². The van der Waals surface area contributed by atoms with Crippen LogP contribution in [0.1, 0.15) is 19.8 Å². The predicted octanol–water partition coefficient (Wildman–Crippen LogP) is 0.403. The van der Waals surface area contributed by atoms with Gasteiger partial charge in [0.05, 0.1) is 5.60 Å². The van der Waals surface area contributed by atoms with E-state index in [-0.39, 0.29) is 5.60 Å². The summed E-state index contributed by atoms with van der Waals surface area (Å²) in [5.41, 5.74) is 5.54. The molecule has 11 heavy (non-hydrogen) atoms. The smallest absolute Gasteiger partial charge is 0.0782 e. The average Bonchev–Trinajstić information content (AvgIpc) is 2.36. The molecule has 0 spiro atoms. The maximum absolute atomic E-state index is 5.62. The van der Waals surface area contributed by atoms with Gasteiger partial charge in [-0.3, -0.25) is 4.90 Å². The fourth-order valence-corrected chi connectivity index (χ4v) is 1.60. The van der Waals surface area contributed by atoms with Gasteiger partial charge in [0.2, 0.25) is 0 Å². The van der Waals surface area contributed by atoms with Crippen molar-refractivity contribution >= 4 is 0 Å². The normalized spacial score (nSPS) is 31.6. The van der Waals surface area contributed by atoms with Crippen LogP contribution in [0.2, 0.25) is 0 Å². The molecule has 3 nitrogen and oxygen atoms in total. The second-order valence-corrected chi connectivity index (χ2v) is 3.60. The Balaban J connectivity index is 2.33. The van der Waals surface area contributed by atoms with E-state index in [0.29, 0.717) is 6.67 Å². The van der Waals surface area contributed by atoms with Gasteiger partial charge in [0, 0.05) is 19.8 Å². The minimum atomic E-state index is 0.0636. The molecule has 0 amide bonds. The molecule has 0 saturated carbocycles. The summed E-state index contributed by atoms with van der Waals surface area (Å²) in [5, 5.41) is 0. The Bertz CT molecular complexity index is 121. The highest BCUT2D eigenvalue weighted by Gasteiger charge is 2.30. The second kappa shape index (κ2) is 3.52. The summed E-state index contributed by atoms with van der Waals surface area (Å²) in [4.78, 5) is 2.09. The summed E-state index contributed by atoms with van der Waals surface area (Å²) in [7, 11) is 2.02. The Morgan fingerprint density at radius 1 is 1.64 bits per heavy atom. The first kappa shape index (κ1) is 8.97. The molecule has 3 heteroatoms. The van der Waals surface area contributed by atoms with Crippen molar-refractivity contribution in [2.75, 3.05) is 26.9 Å². The van der Waals surface area contributed by atoms with Crippen molar-refractivity contribution in [3.05, 3.63) is 0 Å². The molecule has 1 fully saturated rings. The van der Waals surface area contributed by atoms with Crippen molar-refractivity contribution in [3.63, 3.8) is 0 Å². The van der Waals surface area contributed by atoms with E-state index in [2.05, 4.69) is 11.8 Å².